The molecular formula is C21H25ClFN5O2. The van der Waals surface area contributed by atoms with Gasteiger partial charge in [0.05, 0.1) is 6.54 Å². The average Bonchev–Trinajstić information content (AvgIpc) is 3.11. The first kappa shape index (κ1) is 20.7. The van der Waals surface area contributed by atoms with Crippen LogP contribution in [0.4, 0.5) is 10.3 Å². The van der Waals surface area contributed by atoms with E-state index in [0.717, 1.165) is 32.4 Å². The highest BCUT2D eigenvalue weighted by molar-refractivity contribution is 6.31. The van der Waals surface area contributed by atoms with E-state index in [1.807, 2.05) is 6.92 Å². The van der Waals surface area contributed by atoms with Crippen molar-refractivity contribution in [2.24, 2.45) is 0 Å². The largest absolute Gasteiger partial charge is 0.342 e. The van der Waals surface area contributed by atoms with E-state index in [1.54, 1.807) is 23.6 Å². The van der Waals surface area contributed by atoms with Crippen molar-refractivity contribution >= 4 is 28.7 Å². The summed E-state index contributed by atoms with van der Waals surface area (Å²) in [4.78, 5) is 32.9. The number of imidazole rings is 1. The van der Waals surface area contributed by atoms with Crippen molar-refractivity contribution in [1.29, 1.82) is 0 Å². The second kappa shape index (κ2) is 8.26. The number of fused-ring (bicyclic) bond motifs is 1. The Morgan fingerprint density at radius 3 is 2.37 bits per heavy atom. The Balaban J connectivity index is 2.04. The summed E-state index contributed by atoms with van der Waals surface area (Å²) in [5.74, 6) is 0.144. The summed E-state index contributed by atoms with van der Waals surface area (Å²) >= 11 is 6.29. The van der Waals surface area contributed by atoms with E-state index >= 15 is 0 Å². The molecule has 0 spiro atoms. The first-order chi connectivity index (χ1) is 14.5. The molecule has 0 aliphatic carbocycles. The number of nitrogens with zero attached hydrogens (tertiary/aromatic N) is 5. The summed E-state index contributed by atoms with van der Waals surface area (Å²) in [7, 11) is 0. The highest BCUT2D eigenvalue weighted by atomic mass is 35.5. The fourth-order valence-corrected chi connectivity index (χ4v) is 4.39. The van der Waals surface area contributed by atoms with Gasteiger partial charge in [-0.05, 0) is 45.2 Å². The number of halogens is 2. The van der Waals surface area contributed by atoms with Gasteiger partial charge in [-0.25, -0.2) is 9.18 Å². The van der Waals surface area contributed by atoms with Crippen molar-refractivity contribution in [1.82, 2.24) is 18.7 Å². The molecule has 0 amide bonds. The first-order valence-electron chi connectivity index (χ1n) is 10.4. The zero-order valence-corrected chi connectivity index (χ0v) is 18.0. The average molecular weight is 434 g/mol. The second-order valence-electron chi connectivity index (χ2n) is 7.49. The number of aryl methyl sites for hydroxylation is 1. The molecule has 3 heterocycles. The fraction of sp³-hybridized carbons (Fsp3) is 0.476. The van der Waals surface area contributed by atoms with Gasteiger partial charge in [0.25, 0.3) is 5.56 Å². The number of hydrogen-bond acceptors (Lipinski definition) is 4. The lowest BCUT2D eigenvalue weighted by atomic mass is 10.1. The lowest BCUT2D eigenvalue weighted by Gasteiger charge is -2.28. The summed E-state index contributed by atoms with van der Waals surface area (Å²) in [6.45, 7) is 5.89. The summed E-state index contributed by atoms with van der Waals surface area (Å²) in [6.07, 6.45) is 3.17. The molecule has 1 saturated heterocycles. The number of hydrogen-bond donors (Lipinski definition) is 0. The lowest BCUT2D eigenvalue weighted by Crippen LogP contribution is -2.40. The molecular weight excluding hydrogens is 409 g/mol. The Hall–Kier alpha value is -2.61. The Bertz CT molecular complexity index is 1190. The number of piperidine rings is 1. The highest BCUT2D eigenvalue weighted by Gasteiger charge is 2.25. The minimum absolute atomic E-state index is 0.0642. The van der Waals surface area contributed by atoms with Crippen LogP contribution < -0.4 is 16.1 Å². The standard InChI is InChI=1S/C21H25ClFN5O2/c1-3-26-18-17(19(29)27(4-2)21(26)30)28(13-14-15(22)9-8-10-16(14)23)20(24-18)25-11-6-5-7-12-25/h8-10H,3-7,11-13H2,1-2H3. The third-order valence-corrected chi connectivity index (χ3v) is 6.10. The predicted octanol–water partition coefficient (Wildman–Crippen LogP) is 3.23. The monoisotopic (exact) mass is 433 g/mol. The van der Waals surface area contributed by atoms with E-state index in [0.29, 0.717) is 34.2 Å². The summed E-state index contributed by atoms with van der Waals surface area (Å²) in [6, 6.07) is 4.54. The van der Waals surface area contributed by atoms with Crippen LogP contribution in [0.1, 0.15) is 38.7 Å². The van der Waals surface area contributed by atoms with Gasteiger partial charge in [0.2, 0.25) is 5.95 Å². The molecule has 1 fully saturated rings. The van der Waals surface area contributed by atoms with E-state index in [1.165, 1.54) is 15.2 Å². The molecule has 0 atom stereocenters. The van der Waals surface area contributed by atoms with Crippen molar-refractivity contribution in [3.63, 3.8) is 0 Å². The van der Waals surface area contributed by atoms with Gasteiger partial charge in [0, 0.05) is 36.8 Å². The number of anilines is 1. The van der Waals surface area contributed by atoms with Crippen LogP contribution in [0.25, 0.3) is 11.2 Å². The molecule has 0 bridgehead atoms. The SMILES string of the molecule is CCn1c(=O)c2c(nc(N3CCCCC3)n2Cc2c(F)cccc2Cl)n(CC)c1=O. The number of aromatic nitrogens is 4. The molecule has 9 heteroatoms. The summed E-state index contributed by atoms with van der Waals surface area (Å²) < 4.78 is 19.0. The van der Waals surface area contributed by atoms with Crippen molar-refractivity contribution in [2.75, 3.05) is 18.0 Å². The third kappa shape index (κ3) is 3.33. The van der Waals surface area contributed by atoms with Crippen LogP contribution in [-0.2, 0) is 19.6 Å². The van der Waals surface area contributed by atoms with E-state index in [4.69, 9.17) is 16.6 Å². The van der Waals surface area contributed by atoms with Crippen LogP contribution in [0.3, 0.4) is 0 Å². The maximum Gasteiger partial charge on any atom is 0.332 e. The lowest BCUT2D eigenvalue weighted by molar-refractivity contribution is 0.555. The van der Waals surface area contributed by atoms with Crippen LogP contribution in [-0.4, -0.2) is 31.8 Å². The van der Waals surface area contributed by atoms with Gasteiger partial charge in [-0.15, -0.1) is 0 Å². The zero-order valence-electron chi connectivity index (χ0n) is 17.2. The van der Waals surface area contributed by atoms with Gasteiger partial charge in [-0.1, -0.05) is 17.7 Å². The molecule has 3 aromatic rings. The van der Waals surface area contributed by atoms with Crippen LogP contribution >= 0.6 is 11.6 Å². The van der Waals surface area contributed by atoms with E-state index in [2.05, 4.69) is 4.90 Å². The summed E-state index contributed by atoms with van der Waals surface area (Å²) in [5.41, 5.74) is 0.151. The first-order valence-corrected chi connectivity index (χ1v) is 10.8. The van der Waals surface area contributed by atoms with Gasteiger partial charge in [-0.3, -0.25) is 18.5 Å². The van der Waals surface area contributed by atoms with E-state index < -0.39 is 11.4 Å². The third-order valence-electron chi connectivity index (χ3n) is 5.74. The molecule has 2 aromatic heterocycles. The van der Waals surface area contributed by atoms with E-state index in [-0.39, 0.29) is 18.8 Å². The molecule has 0 radical (unpaired) electrons. The zero-order chi connectivity index (χ0) is 21.4. The van der Waals surface area contributed by atoms with Crippen LogP contribution in [0.5, 0.6) is 0 Å². The van der Waals surface area contributed by atoms with Gasteiger partial charge in [0.1, 0.15) is 5.82 Å². The van der Waals surface area contributed by atoms with Gasteiger partial charge in [-0.2, -0.15) is 4.98 Å². The molecule has 160 valence electrons. The molecule has 4 rings (SSSR count). The predicted molar refractivity (Wildman–Crippen MR) is 116 cm³/mol. The quantitative estimate of drug-likeness (QED) is 0.619. The molecule has 1 aromatic carbocycles. The van der Waals surface area contributed by atoms with Crippen molar-refractivity contribution in [3.05, 3.63) is 55.4 Å². The van der Waals surface area contributed by atoms with Crippen LogP contribution in [0, 0.1) is 5.82 Å². The van der Waals surface area contributed by atoms with Gasteiger partial charge < -0.3 is 4.90 Å². The summed E-state index contributed by atoms with van der Waals surface area (Å²) in [5, 5.41) is 0.293. The molecule has 0 N–H and O–H groups in total. The smallest absolute Gasteiger partial charge is 0.332 e. The fourth-order valence-electron chi connectivity index (χ4n) is 4.17. The van der Waals surface area contributed by atoms with Gasteiger partial charge in [0.15, 0.2) is 11.2 Å². The number of rotatable bonds is 5. The highest BCUT2D eigenvalue weighted by Crippen LogP contribution is 2.27. The molecule has 1 aliphatic rings. The van der Waals surface area contributed by atoms with Crippen LogP contribution in [0.15, 0.2) is 27.8 Å². The minimum atomic E-state index is -0.437. The van der Waals surface area contributed by atoms with Gasteiger partial charge >= 0.3 is 5.69 Å². The second-order valence-corrected chi connectivity index (χ2v) is 7.90. The van der Waals surface area contributed by atoms with E-state index in [9.17, 15) is 14.0 Å². The normalized spacial score (nSPS) is 14.6. The van der Waals surface area contributed by atoms with Crippen molar-refractivity contribution < 1.29 is 4.39 Å². The van der Waals surface area contributed by atoms with Crippen molar-refractivity contribution in [3.8, 4) is 0 Å². The Kier molecular flexibility index (Phi) is 5.69. The Labute approximate surface area is 178 Å². The maximum atomic E-state index is 14.6. The van der Waals surface area contributed by atoms with Crippen molar-refractivity contribution in [2.45, 2.75) is 52.7 Å². The molecule has 0 unspecified atom stereocenters. The van der Waals surface area contributed by atoms with Crippen LogP contribution in [0.2, 0.25) is 5.02 Å². The topological polar surface area (TPSA) is 65.1 Å². The molecule has 7 nitrogen and oxygen atoms in total. The molecule has 1 aliphatic heterocycles. The number of benzene rings is 1. The maximum absolute atomic E-state index is 14.6. The molecule has 0 saturated carbocycles. The Morgan fingerprint density at radius 2 is 1.73 bits per heavy atom. The molecule has 30 heavy (non-hydrogen) atoms. The minimum Gasteiger partial charge on any atom is -0.342 e. The Morgan fingerprint density at radius 1 is 1.03 bits per heavy atom.